The second-order valence-electron chi connectivity index (χ2n) is 11.8. The van der Waals surface area contributed by atoms with Crippen LogP contribution in [0, 0.1) is 13.8 Å². The van der Waals surface area contributed by atoms with E-state index in [0.29, 0.717) is 24.3 Å². The van der Waals surface area contributed by atoms with Crippen LogP contribution in [-0.4, -0.2) is 11.9 Å². The predicted octanol–water partition coefficient (Wildman–Crippen LogP) is 10.8. The lowest BCUT2D eigenvalue weighted by Crippen LogP contribution is -2.09. The molecule has 0 aliphatic heterocycles. The topological polar surface area (TPSA) is 52.6 Å². The molecule has 0 bridgehead atoms. The van der Waals surface area contributed by atoms with Crippen LogP contribution in [0.15, 0.2) is 84.9 Å². The summed E-state index contributed by atoms with van der Waals surface area (Å²) in [6.45, 7) is 8.32. The molecule has 0 atom stereocenters. The SMILES string of the molecule is CCCCC(=O)Oc1c2ccccc2c(-c2c3ccccc3c(OC(=O)CCCC)c3ccc(C)cc23)c2cc(C)ccc12. The van der Waals surface area contributed by atoms with Crippen LogP contribution in [0.2, 0.25) is 0 Å². The molecule has 0 aromatic heterocycles. The maximum atomic E-state index is 13.0. The number of carbonyl (C=O) groups is 2. The number of ether oxygens (including phenoxy) is 2. The molecule has 4 nitrogen and oxygen atoms in total. The molecule has 0 amide bonds. The van der Waals surface area contributed by atoms with E-state index < -0.39 is 0 Å². The molecule has 6 aromatic rings. The average molecular weight is 583 g/mol. The van der Waals surface area contributed by atoms with Crippen LogP contribution in [0.25, 0.3) is 54.2 Å². The zero-order valence-electron chi connectivity index (χ0n) is 26.0. The summed E-state index contributed by atoms with van der Waals surface area (Å²) in [7, 11) is 0. The molecule has 4 heteroatoms. The molecule has 0 unspecified atom stereocenters. The van der Waals surface area contributed by atoms with E-state index in [2.05, 4.69) is 76.2 Å². The first kappa shape index (κ1) is 29.4. The van der Waals surface area contributed by atoms with E-state index >= 15 is 0 Å². The normalized spacial score (nSPS) is 11.5. The van der Waals surface area contributed by atoms with Crippen molar-refractivity contribution in [1.82, 2.24) is 0 Å². The summed E-state index contributed by atoms with van der Waals surface area (Å²) < 4.78 is 12.3. The van der Waals surface area contributed by atoms with Gasteiger partial charge in [0.15, 0.2) is 0 Å². The van der Waals surface area contributed by atoms with E-state index in [1.165, 1.54) is 0 Å². The second-order valence-corrected chi connectivity index (χ2v) is 11.8. The smallest absolute Gasteiger partial charge is 0.311 e. The zero-order chi connectivity index (χ0) is 30.8. The lowest BCUT2D eigenvalue weighted by molar-refractivity contribution is -0.135. The van der Waals surface area contributed by atoms with Gasteiger partial charge in [-0.2, -0.15) is 0 Å². The average Bonchev–Trinajstić information content (AvgIpc) is 3.03. The molecule has 6 aromatic carbocycles. The van der Waals surface area contributed by atoms with Crippen molar-refractivity contribution in [2.75, 3.05) is 0 Å². The number of hydrogen-bond acceptors (Lipinski definition) is 4. The summed E-state index contributed by atoms with van der Waals surface area (Å²) in [6.07, 6.45) is 4.20. The minimum atomic E-state index is -0.215. The molecule has 0 aliphatic carbocycles. The van der Waals surface area contributed by atoms with E-state index in [1.807, 2.05) is 36.4 Å². The van der Waals surface area contributed by atoms with Gasteiger partial charge in [-0.3, -0.25) is 9.59 Å². The van der Waals surface area contributed by atoms with Gasteiger partial charge in [0.25, 0.3) is 0 Å². The third-order valence-corrected chi connectivity index (χ3v) is 8.41. The molecule has 0 heterocycles. The highest BCUT2D eigenvalue weighted by Gasteiger charge is 2.24. The molecule has 0 radical (unpaired) electrons. The van der Waals surface area contributed by atoms with Crippen LogP contribution in [0.4, 0.5) is 0 Å². The van der Waals surface area contributed by atoms with Gasteiger partial charge < -0.3 is 9.47 Å². The molecule has 0 spiro atoms. The lowest BCUT2D eigenvalue weighted by atomic mass is 9.84. The largest absolute Gasteiger partial charge is 0.425 e. The van der Waals surface area contributed by atoms with Gasteiger partial charge in [-0.25, -0.2) is 0 Å². The van der Waals surface area contributed by atoms with Gasteiger partial charge in [-0.05, 0) is 59.4 Å². The molecule has 0 aliphatic rings. The van der Waals surface area contributed by atoms with Crippen molar-refractivity contribution < 1.29 is 19.1 Å². The van der Waals surface area contributed by atoms with Crippen LogP contribution < -0.4 is 9.47 Å². The summed E-state index contributed by atoms with van der Waals surface area (Å²) >= 11 is 0. The standard InChI is InChI=1S/C40H38O4/c1-5-7-17-35(41)43-39-29-15-11-9-13-27(29)37(33-23-25(3)19-21-31(33)39)38-28-14-10-12-16-30(28)40(44-36(42)18-8-6-2)32-22-20-26(4)24-34(32)38/h9-16,19-24H,5-8,17-18H2,1-4H3. The monoisotopic (exact) mass is 582 g/mol. The van der Waals surface area contributed by atoms with E-state index in [9.17, 15) is 9.59 Å². The number of unbranched alkanes of at least 4 members (excludes halogenated alkanes) is 2. The minimum absolute atomic E-state index is 0.215. The van der Waals surface area contributed by atoms with Crippen molar-refractivity contribution in [2.45, 2.75) is 66.2 Å². The molecular weight excluding hydrogens is 544 g/mol. The summed E-state index contributed by atoms with van der Waals surface area (Å²) in [5.41, 5.74) is 4.37. The molecule has 44 heavy (non-hydrogen) atoms. The van der Waals surface area contributed by atoms with E-state index in [-0.39, 0.29) is 11.9 Å². The molecule has 0 saturated carbocycles. The maximum Gasteiger partial charge on any atom is 0.311 e. The van der Waals surface area contributed by atoms with Crippen LogP contribution >= 0.6 is 0 Å². The molecular formula is C40H38O4. The first-order valence-corrected chi connectivity index (χ1v) is 15.7. The Bertz CT molecular complexity index is 1900. The summed E-state index contributed by atoms with van der Waals surface area (Å²) in [6, 6.07) is 29.0. The van der Waals surface area contributed by atoms with Crippen molar-refractivity contribution >= 4 is 55.0 Å². The first-order chi connectivity index (χ1) is 21.4. The van der Waals surface area contributed by atoms with Gasteiger partial charge in [-0.15, -0.1) is 0 Å². The molecule has 6 rings (SSSR count). The maximum absolute atomic E-state index is 13.0. The highest BCUT2D eigenvalue weighted by Crippen LogP contribution is 2.50. The van der Waals surface area contributed by atoms with Crippen LogP contribution in [0.5, 0.6) is 11.5 Å². The number of carbonyl (C=O) groups excluding carboxylic acids is 2. The fourth-order valence-electron chi connectivity index (χ4n) is 6.23. The second kappa shape index (κ2) is 12.5. The van der Waals surface area contributed by atoms with Gasteiger partial charge >= 0.3 is 11.9 Å². The van der Waals surface area contributed by atoms with Crippen molar-refractivity contribution in [1.29, 1.82) is 0 Å². The molecule has 0 saturated heterocycles. The minimum Gasteiger partial charge on any atom is -0.425 e. The number of fused-ring (bicyclic) bond motifs is 4. The third-order valence-electron chi connectivity index (χ3n) is 8.41. The Kier molecular flexibility index (Phi) is 8.34. The summed E-state index contributed by atoms with van der Waals surface area (Å²) in [5.74, 6) is 0.776. The Morgan fingerprint density at radius 3 is 1.25 bits per heavy atom. The number of benzene rings is 6. The van der Waals surface area contributed by atoms with Gasteiger partial charge in [0.1, 0.15) is 11.5 Å². The Morgan fingerprint density at radius 1 is 0.500 bits per heavy atom. The van der Waals surface area contributed by atoms with Crippen LogP contribution in [0.3, 0.4) is 0 Å². The van der Waals surface area contributed by atoms with Gasteiger partial charge in [0.05, 0.1) is 0 Å². The summed E-state index contributed by atoms with van der Waals surface area (Å²) in [4.78, 5) is 26.0. The Labute approximate surface area is 258 Å². The summed E-state index contributed by atoms with van der Waals surface area (Å²) in [5, 5.41) is 7.62. The lowest BCUT2D eigenvalue weighted by Gasteiger charge is -2.22. The number of esters is 2. The van der Waals surface area contributed by atoms with Gasteiger partial charge in [0, 0.05) is 34.4 Å². The molecule has 0 N–H and O–H groups in total. The van der Waals surface area contributed by atoms with Crippen molar-refractivity contribution in [3.05, 3.63) is 96.1 Å². The van der Waals surface area contributed by atoms with Gasteiger partial charge in [-0.1, -0.05) is 123 Å². The zero-order valence-corrected chi connectivity index (χ0v) is 26.0. The van der Waals surface area contributed by atoms with E-state index in [0.717, 1.165) is 91.0 Å². The number of hydrogen-bond donors (Lipinski definition) is 0. The fourth-order valence-corrected chi connectivity index (χ4v) is 6.23. The Balaban J connectivity index is 1.74. The van der Waals surface area contributed by atoms with Crippen molar-refractivity contribution in [2.24, 2.45) is 0 Å². The predicted molar refractivity (Wildman–Crippen MR) is 182 cm³/mol. The third kappa shape index (κ3) is 5.41. The number of aryl methyl sites for hydroxylation is 2. The van der Waals surface area contributed by atoms with Crippen molar-refractivity contribution in [3.8, 4) is 22.6 Å². The van der Waals surface area contributed by atoms with E-state index in [4.69, 9.17) is 9.47 Å². The van der Waals surface area contributed by atoms with Crippen LogP contribution in [0.1, 0.15) is 63.5 Å². The van der Waals surface area contributed by atoms with Crippen molar-refractivity contribution in [3.63, 3.8) is 0 Å². The first-order valence-electron chi connectivity index (χ1n) is 15.7. The Hall–Kier alpha value is -4.70. The van der Waals surface area contributed by atoms with E-state index in [1.54, 1.807) is 0 Å². The van der Waals surface area contributed by atoms with Crippen LogP contribution in [-0.2, 0) is 9.59 Å². The Morgan fingerprint density at radius 2 is 0.864 bits per heavy atom. The number of rotatable bonds is 9. The highest BCUT2D eigenvalue weighted by molar-refractivity contribution is 6.27. The molecule has 0 fully saturated rings. The highest BCUT2D eigenvalue weighted by atomic mass is 16.5. The van der Waals surface area contributed by atoms with Gasteiger partial charge in [0.2, 0.25) is 0 Å². The quantitative estimate of drug-likeness (QED) is 0.0966. The molecule has 222 valence electrons. The fraction of sp³-hybridized carbons (Fsp3) is 0.250.